The zero-order valence-corrected chi connectivity index (χ0v) is 20.2. The molecule has 3 aromatic carbocycles. The molecule has 1 amide bonds. The van der Waals surface area contributed by atoms with Gasteiger partial charge in [-0.3, -0.25) is 4.79 Å². The van der Waals surface area contributed by atoms with Crippen molar-refractivity contribution in [2.75, 3.05) is 5.32 Å². The number of benzene rings is 3. The van der Waals surface area contributed by atoms with Gasteiger partial charge < -0.3 is 5.32 Å². The molecule has 0 bridgehead atoms. The number of carbonyl (C=O) groups is 1. The Bertz CT molecular complexity index is 1440. The molecule has 0 saturated heterocycles. The van der Waals surface area contributed by atoms with E-state index in [-0.39, 0.29) is 16.8 Å². The van der Waals surface area contributed by atoms with Gasteiger partial charge in [0.05, 0.1) is 9.92 Å². The zero-order valence-electron chi connectivity index (χ0n) is 17.8. The maximum Gasteiger partial charge on any atom is 0.267 e. The third kappa shape index (κ3) is 4.51. The van der Waals surface area contributed by atoms with Crippen molar-refractivity contribution in [1.29, 1.82) is 0 Å². The predicted octanol–water partition coefficient (Wildman–Crippen LogP) is 6.57. The first-order valence-electron chi connectivity index (χ1n) is 11.0. The van der Waals surface area contributed by atoms with E-state index in [1.807, 2.05) is 36.4 Å². The lowest BCUT2D eigenvalue weighted by atomic mass is 9.96. The minimum absolute atomic E-state index is 0.00527. The quantitative estimate of drug-likeness (QED) is 0.326. The van der Waals surface area contributed by atoms with E-state index in [0.717, 1.165) is 53.0 Å². The van der Waals surface area contributed by atoms with Gasteiger partial charge in [0.1, 0.15) is 4.88 Å². The largest absolute Gasteiger partial charge is 0.321 e. The number of carbonyl (C=O) groups excluding carboxylic acids is 1. The van der Waals surface area contributed by atoms with Crippen molar-refractivity contribution in [3.05, 3.63) is 70.6 Å². The van der Waals surface area contributed by atoms with Gasteiger partial charge in [-0.25, -0.2) is 13.1 Å². The van der Waals surface area contributed by atoms with Crippen LogP contribution in [0.2, 0.25) is 5.02 Å². The second-order valence-corrected chi connectivity index (χ2v) is 11.5. The second-order valence-electron chi connectivity index (χ2n) is 8.34. The SMILES string of the molecule is O=C(Nc1ccc(S(=O)(=O)NC2CCCCC2)cc1)c1sc2ccc3ccccc3c2c1Cl. The highest BCUT2D eigenvalue weighted by molar-refractivity contribution is 7.89. The summed E-state index contributed by atoms with van der Waals surface area (Å²) in [5.41, 5.74) is 0.509. The zero-order chi connectivity index (χ0) is 23.0. The first kappa shape index (κ1) is 22.3. The molecular weight excluding hydrogens is 476 g/mol. The van der Waals surface area contributed by atoms with Gasteiger partial charge in [0.15, 0.2) is 0 Å². The minimum atomic E-state index is -3.58. The monoisotopic (exact) mass is 498 g/mol. The van der Waals surface area contributed by atoms with Gasteiger partial charge in [0.25, 0.3) is 5.91 Å². The Morgan fingerprint density at radius 2 is 1.67 bits per heavy atom. The van der Waals surface area contributed by atoms with Crippen LogP contribution in [-0.2, 0) is 10.0 Å². The molecule has 8 heteroatoms. The van der Waals surface area contributed by atoms with Gasteiger partial charge in [0.2, 0.25) is 10.0 Å². The topological polar surface area (TPSA) is 75.3 Å². The van der Waals surface area contributed by atoms with E-state index < -0.39 is 10.0 Å². The molecule has 33 heavy (non-hydrogen) atoms. The Kier molecular flexibility index (Phi) is 6.14. The first-order chi connectivity index (χ1) is 15.9. The number of nitrogens with one attached hydrogen (secondary N) is 2. The number of halogens is 1. The number of anilines is 1. The van der Waals surface area contributed by atoms with Crippen LogP contribution in [0.5, 0.6) is 0 Å². The van der Waals surface area contributed by atoms with Gasteiger partial charge in [-0.1, -0.05) is 61.2 Å². The van der Waals surface area contributed by atoms with Gasteiger partial charge in [-0.15, -0.1) is 11.3 Å². The molecule has 1 heterocycles. The number of rotatable bonds is 5. The second kappa shape index (κ2) is 9.06. The van der Waals surface area contributed by atoms with E-state index in [4.69, 9.17) is 11.6 Å². The summed E-state index contributed by atoms with van der Waals surface area (Å²) < 4.78 is 29.1. The van der Waals surface area contributed by atoms with E-state index >= 15 is 0 Å². The predicted molar refractivity (Wildman–Crippen MR) is 136 cm³/mol. The van der Waals surface area contributed by atoms with Crippen LogP contribution in [0.1, 0.15) is 41.8 Å². The standard InChI is InChI=1S/C25H23ClN2O3S2/c26-23-22-20-9-5-4-6-16(20)10-15-21(22)32-24(23)25(29)27-17-11-13-19(14-12-17)33(30,31)28-18-7-2-1-3-8-18/h4-6,9-15,18,28H,1-3,7-8H2,(H,27,29). The fourth-order valence-electron chi connectivity index (χ4n) is 4.39. The number of amides is 1. The third-order valence-electron chi connectivity index (χ3n) is 6.08. The van der Waals surface area contributed by atoms with Crippen molar-refractivity contribution < 1.29 is 13.2 Å². The summed E-state index contributed by atoms with van der Waals surface area (Å²) in [7, 11) is -3.58. The molecule has 5 rings (SSSR count). The van der Waals surface area contributed by atoms with Crippen molar-refractivity contribution in [1.82, 2.24) is 4.72 Å². The van der Waals surface area contributed by atoms with E-state index in [0.29, 0.717) is 15.6 Å². The van der Waals surface area contributed by atoms with Crippen molar-refractivity contribution in [3.8, 4) is 0 Å². The lowest BCUT2D eigenvalue weighted by Crippen LogP contribution is -2.36. The molecular formula is C25H23ClN2O3S2. The van der Waals surface area contributed by atoms with Gasteiger partial charge in [0, 0.05) is 21.8 Å². The van der Waals surface area contributed by atoms with Crippen LogP contribution in [0.4, 0.5) is 5.69 Å². The molecule has 1 fully saturated rings. The summed E-state index contributed by atoms with van der Waals surface area (Å²) in [5, 5.41) is 6.22. The molecule has 0 radical (unpaired) electrons. The highest BCUT2D eigenvalue weighted by Crippen LogP contribution is 2.40. The molecule has 170 valence electrons. The van der Waals surface area contributed by atoms with Crippen LogP contribution >= 0.6 is 22.9 Å². The number of fused-ring (bicyclic) bond motifs is 3. The van der Waals surface area contributed by atoms with Crippen molar-refractivity contribution in [3.63, 3.8) is 0 Å². The minimum Gasteiger partial charge on any atom is -0.321 e. The molecule has 4 aromatic rings. The van der Waals surface area contributed by atoms with E-state index in [1.54, 1.807) is 12.1 Å². The van der Waals surface area contributed by atoms with E-state index in [1.165, 1.54) is 23.5 Å². The summed E-state index contributed by atoms with van der Waals surface area (Å²) in [6.07, 6.45) is 5.01. The van der Waals surface area contributed by atoms with Crippen molar-refractivity contribution in [2.45, 2.75) is 43.0 Å². The Hall–Kier alpha value is -2.45. The van der Waals surface area contributed by atoms with Crippen LogP contribution in [-0.4, -0.2) is 20.4 Å². The molecule has 1 saturated carbocycles. The van der Waals surface area contributed by atoms with Crippen LogP contribution in [0.3, 0.4) is 0 Å². The van der Waals surface area contributed by atoms with Gasteiger partial charge in [-0.05, 0) is 53.9 Å². The lowest BCUT2D eigenvalue weighted by Gasteiger charge is -2.22. The Morgan fingerprint density at radius 1 is 0.939 bits per heavy atom. The third-order valence-corrected chi connectivity index (χ3v) is 9.26. The molecule has 1 aliphatic rings. The maximum atomic E-state index is 13.0. The van der Waals surface area contributed by atoms with Crippen molar-refractivity contribution >= 4 is 65.4 Å². The van der Waals surface area contributed by atoms with Crippen molar-refractivity contribution in [2.24, 2.45) is 0 Å². The average molecular weight is 499 g/mol. The van der Waals surface area contributed by atoms with Crippen LogP contribution in [0.25, 0.3) is 20.9 Å². The summed E-state index contributed by atoms with van der Waals surface area (Å²) in [4.78, 5) is 13.6. The van der Waals surface area contributed by atoms with Crippen LogP contribution in [0, 0.1) is 0 Å². The average Bonchev–Trinajstić information content (AvgIpc) is 3.17. The fourth-order valence-corrected chi connectivity index (χ4v) is 7.16. The number of hydrogen-bond acceptors (Lipinski definition) is 4. The molecule has 0 atom stereocenters. The Balaban J connectivity index is 1.35. The molecule has 1 aliphatic carbocycles. The first-order valence-corrected chi connectivity index (χ1v) is 13.6. The summed E-state index contributed by atoms with van der Waals surface area (Å²) >= 11 is 7.98. The van der Waals surface area contributed by atoms with Crippen LogP contribution in [0.15, 0.2) is 65.6 Å². The number of hydrogen-bond donors (Lipinski definition) is 2. The highest BCUT2D eigenvalue weighted by Gasteiger charge is 2.22. The normalized spacial score (nSPS) is 15.2. The van der Waals surface area contributed by atoms with E-state index in [9.17, 15) is 13.2 Å². The van der Waals surface area contributed by atoms with Gasteiger partial charge >= 0.3 is 0 Å². The molecule has 2 N–H and O–H groups in total. The molecule has 0 unspecified atom stereocenters. The Morgan fingerprint density at radius 3 is 2.42 bits per heavy atom. The maximum absolute atomic E-state index is 13.0. The fraction of sp³-hybridized carbons (Fsp3) is 0.240. The highest BCUT2D eigenvalue weighted by atomic mass is 35.5. The van der Waals surface area contributed by atoms with E-state index in [2.05, 4.69) is 10.0 Å². The number of sulfonamides is 1. The molecule has 1 aromatic heterocycles. The van der Waals surface area contributed by atoms with Gasteiger partial charge in [-0.2, -0.15) is 0 Å². The Labute approximate surface area is 201 Å². The smallest absolute Gasteiger partial charge is 0.267 e. The lowest BCUT2D eigenvalue weighted by molar-refractivity contribution is 0.103. The summed E-state index contributed by atoms with van der Waals surface area (Å²) in [6, 6.07) is 18.2. The molecule has 0 spiro atoms. The molecule has 0 aliphatic heterocycles. The van der Waals surface area contributed by atoms with Crippen LogP contribution < -0.4 is 10.0 Å². The molecule has 5 nitrogen and oxygen atoms in total. The summed E-state index contributed by atoms with van der Waals surface area (Å²) in [5.74, 6) is -0.318. The summed E-state index contributed by atoms with van der Waals surface area (Å²) in [6.45, 7) is 0. The number of thiophene rings is 1.